The number of amides is 1. The molecule has 1 atom stereocenters. The lowest BCUT2D eigenvalue weighted by Gasteiger charge is -2.34. The summed E-state index contributed by atoms with van der Waals surface area (Å²) in [5, 5.41) is 2.91. The van der Waals surface area contributed by atoms with Gasteiger partial charge in [-0.25, -0.2) is 4.39 Å². The summed E-state index contributed by atoms with van der Waals surface area (Å²) in [6.07, 6.45) is 3.30. The van der Waals surface area contributed by atoms with Crippen molar-refractivity contribution in [3.8, 4) is 0 Å². The molecule has 1 N–H and O–H groups in total. The minimum absolute atomic E-state index is 0.155. The normalized spacial score (nSPS) is 16.3. The van der Waals surface area contributed by atoms with E-state index in [1.54, 1.807) is 12.1 Å². The highest BCUT2D eigenvalue weighted by atomic mass is 32.2. The maximum absolute atomic E-state index is 13.3. The van der Waals surface area contributed by atoms with E-state index in [1.165, 1.54) is 30.3 Å². The van der Waals surface area contributed by atoms with E-state index in [0.29, 0.717) is 5.92 Å². The molecule has 1 heterocycles. The van der Waals surface area contributed by atoms with Crippen LogP contribution in [0.5, 0.6) is 0 Å². The Labute approximate surface area is 165 Å². The first-order chi connectivity index (χ1) is 13.2. The summed E-state index contributed by atoms with van der Waals surface area (Å²) < 4.78 is 13.2. The molecule has 2 aromatic rings. The van der Waals surface area contributed by atoms with Gasteiger partial charge in [-0.1, -0.05) is 30.3 Å². The van der Waals surface area contributed by atoms with Gasteiger partial charge in [0, 0.05) is 18.0 Å². The Hall–Kier alpha value is -1.85. The minimum Gasteiger partial charge on any atom is -0.341 e. The van der Waals surface area contributed by atoms with Crippen LogP contribution in [0.4, 0.5) is 4.39 Å². The standard InChI is InChI=1S/C22H27FN2OS/c1-24-14-11-17-12-15-25(16-13-17)22(26)21(18-5-3-2-4-6-18)27-20-9-7-19(23)8-10-20/h2-10,17,21,24H,11-16H2,1H3. The smallest absolute Gasteiger partial charge is 0.240 e. The Balaban J connectivity index is 1.71. The van der Waals surface area contributed by atoms with Crippen LogP contribution in [-0.4, -0.2) is 37.5 Å². The molecule has 3 nitrogen and oxygen atoms in total. The second kappa shape index (κ2) is 9.90. The molecule has 1 aliphatic rings. The van der Waals surface area contributed by atoms with Crippen LogP contribution in [0.3, 0.4) is 0 Å². The van der Waals surface area contributed by atoms with Crippen LogP contribution in [0, 0.1) is 11.7 Å². The van der Waals surface area contributed by atoms with E-state index in [9.17, 15) is 9.18 Å². The summed E-state index contributed by atoms with van der Waals surface area (Å²) in [7, 11) is 1.98. The Morgan fingerprint density at radius 3 is 2.44 bits per heavy atom. The van der Waals surface area contributed by atoms with Crippen LogP contribution in [-0.2, 0) is 4.79 Å². The topological polar surface area (TPSA) is 32.3 Å². The number of hydrogen-bond donors (Lipinski definition) is 1. The monoisotopic (exact) mass is 386 g/mol. The second-order valence-corrected chi connectivity index (χ2v) is 8.20. The molecule has 0 aliphatic carbocycles. The summed E-state index contributed by atoms with van der Waals surface area (Å²) >= 11 is 1.50. The zero-order valence-electron chi connectivity index (χ0n) is 15.7. The van der Waals surface area contributed by atoms with E-state index in [2.05, 4.69) is 5.32 Å². The number of hydrogen-bond acceptors (Lipinski definition) is 3. The summed E-state index contributed by atoms with van der Waals surface area (Å²) in [4.78, 5) is 16.2. The highest BCUT2D eigenvalue weighted by Gasteiger charge is 2.30. The van der Waals surface area contributed by atoms with Crippen LogP contribution < -0.4 is 5.32 Å². The molecular weight excluding hydrogens is 359 g/mol. The third-order valence-corrected chi connectivity index (χ3v) is 6.38. The Kier molecular flexibility index (Phi) is 7.30. The molecule has 1 unspecified atom stereocenters. The summed E-state index contributed by atoms with van der Waals surface area (Å²) in [6.45, 7) is 2.67. The average Bonchev–Trinajstić information content (AvgIpc) is 2.72. The predicted molar refractivity (Wildman–Crippen MR) is 109 cm³/mol. The van der Waals surface area contributed by atoms with Gasteiger partial charge in [-0.2, -0.15) is 0 Å². The molecular formula is C22H27FN2OS. The Bertz CT molecular complexity index is 715. The molecule has 1 aliphatic heterocycles. The van der Waals surface area contributed by atoms with Crippen molar-refractivity contribution in [3.05, 3.63) is 66.0 Å². The van der Waals surface area contributed by atoms with Crippen molar-refractivity contribution in [3.63, 3.8) is 0 Å². The molecule has 0 spiro atoms. The van der Waals surface area contributed by atoms with Gasteiger partial charge in [-0.3, -0.25) is 4.79 Å². The molecule has 27 heavy (non-hydrogen) atoms. The highest BCUT2D eigenvalue weighted by Crippen LogP contribution is 2.37. The van der Waals surface area contributed by atoms with Crippen molar-refractivity contribution >= 4 is 17.7 Å². The van der Waals surface area contributed by atoms with Gasteiger partial charge in [0.2, 0.25) is 5.91 Å². The van der Waals surface area contributed by atoms with Crippen LogP contribution in [0.15, 0.2) is 59.5 Å². The third kappa shape index (κ3) is 5.56. The summed E-state index contributed by atoms with van der Waals surface area (Å²) in [6, 6.07) is 16.3. The van der Waals surface area contributed by atoms with E-state index in [0.717, 1.165) is 42.9 Å². The van der Waals surface area contributed by atoms with Crippen LogP contribution in [0.25, 0.3) is 0 Å². The molecule has 1 saturated heterocycles. The van der Waals surface area contributed by atoms with Gasteiger partial charge < -0.3 is 10.2 Å². The van der Waals surface area contributed by atoms with E-state index in [1.807, 2.05) is 42.3 Å². The van der Waals surface area contributed by atoms with Crippen molar-refractivity contribution < 1.29 is 9.18 Å². The zero-order chi connectivity index (χ0) is 19.1. The number of piperidine rings is 1. The predicted octanol–water partition coefficient (Wildman–Crippen LogP) is 4.51. The first kappa shape index (κ1) is 19.9. The third-order valence-electron chi connectivity index (χ3n) is 5.12. The Morgan fingerprint density at radius 2 is 1.81 bits per heavy atom. The number of halogens is 1. The number of nitrogens with zero attached hydrogens (tertiary/aromatic N) is 1. The number of likely N-dealkylation sites (tertiary alicyclic amines) is 1. The molecule has 2 aromatic carbocycles. The maximum atomic E-state index is 13.3. The van der Waals surface area contributed by atoms with E-state index in [4.69, 9.17) is 0 Å². The van der Waals surface area contributed by atoms with Crippen LogP contribution in [0.1, 0.15) is 30.1 Å². The van der Waals surface area contributed by atoms with Gasteiger partial charge >= 0.3 is 0 Å². The zero-order valence-corrected chi connectivity index (χ0v) is 16.6. The van der Waals surface area contributed by atoms with Gasteiger partial charge in [0.25, 0.3) is 0 Å². The quantitative estimate of drug-likeness (QED) is 0.711. The van der Waals surface area contributed by atoms with Gasteiger partial charge in [-0.05, 0) is 68.6 Å². The van der Waals surface area contributed by atoms with E-state index >= 15 is 0 Å². The lowest BCUT2D eigenvalue weighted by Crippen LogP contribution is -2.40. The molecule has 144 valence electrons. The van der Waals surface area contributed by atoms with Crippen molar-refractivity contribution in [2.75, 3.05) is 26.7 Å². The van der Waals surface area contributed by atoms with Gasteiger partial charge in [0.05, 0.1) is 0 Å². The highest BCUT2D eigenvalue weighted by molar-refractivity contribution is 8.00. The SMILES string of the molecule is CNCCC1CCN(C(=O)C(Sc2ccc(F)cc2)c2ccccc2)CC1. The lowest BCUT2D eigenvalue weighted by atomic mass is 9.93. The van der Waals surface area contributed by atoms with Crippen LogP contribution in [0.2, 0.25) is 0 Å². The fraction of sp³-hybridized carbons (Fsp3) is 0.409. The fourth-order valence-corrected chi connectivity index (χ4v) is 4.60. The van der Waals surface area contributed by atoms with Gasteiger partial charge in [-0.15, -0.1) is 11.8 Å². The number of nitrogens with one attached hydrogen (secondary N) is 1. The number of carbonyl (C=O) groups excluding carboxylic acids is 1. The average molecular weight is 387 g/mol. The Morgan fingerprint density at radius 1 is 1.15 bits per heavy atom. The minimum atomic E-state index is -0.300. The van der Waals surface area contributed by atoms with Gasteiger partial charge in [0.1, 0.15) is 11.1 Å². The second-order valence-electron chi connectivity index (χ2n) is 7.02. The number of thioether (sulfide) groups is 1. The van der Waals surface area contributed by atoms with Gasteiger partial charge in [0.15, 0.2) is 0 Å². The van der Waals surface area contributed by atoms with E-state index < -0.39 is 0 Å². The molecule has 1 amide bonds. The van der Waals surface area contributed by atoms with Crippen LogP contribution >= 0.6 is 11.8 Å². The molecule has 0 bridgehead atoms. The molecule has 0 aromatic heterocycles. The summed E-state index contributed by atoms with van der Waals surface area (Å²) in [5.41, 5.74) is 0.995. The summed E-state index contributed by atoms with van der Waals surface area (Å²) in [5.74, 6) is 0.592. The molecule has 0 saturated carbocycles. The lowest BCUT2D eigenvalue weighted by molar-refractivity contribution is -0.132. The van der Waals surface area contributed by atoms with Crippen molar-refractivity contribution in [1.82, 2.24) is 10.2 Å². The largest absolute Gasteiger partial charge is 0.341 e. The maximum Gasteiger partial charge on any atom is 0.240 e. The van der Waals surface area contributed by atoms with Crippen molar-refractivity contribution in [1.29, 1.82) is 0 Å². The van der Waals surface area contributed by atoms with Crippen molar-refractivity contribution in [2.45, 2.75) is 29.4 Å². The number of benzene rings is 2. The molecule has 0 radical (unpaired) electrons. The van der Waals surface area contributed by atoms with E-state index in [-0.39, 0.29) is 17.0 Å². The number of carbonyl (C=O) groups is 1. The first-order valence-corrected chi connectivity index (χ1v) is 10.5. The molecule has 5 heteroatoms. The molecule has 1 fully saturated rings. The number of rotatable bonds is 7. The van der Waals surface area contributed by atoms with Crippen molar-refractivity contribution in [2.24, 2.45) is 5.92 Å². The fourth-order valence-electron chi connectivity index (χ4n) is 3.49. The first-order valence-electron chi connectivity index (χ1n) is 9.58. The molecule has 3 rings (SSSR count).